The fraction of sp³-hybridized carbons (Fsp3) is 0.464. The second-order valence-electron chi connectivity index (χ2n) is 8.96. The summed E-state index contributed by atoms with van der Waals surface area (Å²) in [6.45, 7) is 6.24. The molecule has 0 aromatic carbocycles. The van der Waals surface area contributed by atoms with Crippen LogP contribution in [0.4, 0.5) is 0 Å². The second-order valence-corrected chi connectivity index (χ2v) is 8.96. The molecule has 2 rings (SSSR count). The third-order valence-electron chi connectivity index (χ3n) is 6.20. The number of esters is 3. The Morgan fingerprint density at radius 2 is 1.61 bits per heavy atom. The van der Waals surface area contributed by atoms with Crippen molar-refractivity contribution >= 4 is 17.9 Å². The lowest BCUT2D eigenvalue weighted by atomic mass is 9.69. The SMILES string of the molecule is COC(=O)C1=C(C(=O)OC)CC(CCC=C(C)CCC=C(C)C)(c2cc(C(=O)OC)oc2OC)C=C1. The van der Waals surface area contributed by atoms with Gasteiger partial charge in [-0.2, -0.15) is 0 Å². The van der Waals surface area contributed by atoms with E-state index in [0.29, 0.717) is 18.4 Å². The molecule has 0 amide bonds. The summed E-state index contributed by atoms with van der Waals surface area (Å²) in [5.41, 5.74) is 2.59. The number of furan rings is 1. The molecule has 0 bridgehead atoms. The van der Waals surface area contributed by atoms with Crippen LogP contribution < -0.4 is 4.74 Å². The Balaban J connectivity index is 2.53. The van der Waals surface area contributed by atoms with Crippen molar-refractivity contribution in [1.82, 2.24) is 0 Å². The smallest absolute Gasteiger partial charge is 0.374 e. The highest BCUT2D eigenvalue weighted by Crippen LogP contribution is 2.47. The molecule has 36 heavy (non-hydrogen) atoms. The summed E-state index contributed by atoms with van der Waals surface area (Å²) >= 11 is 0. The largest absolute Gasteiger partial charge is 0.468 e. The molecular weight excluding hydrogens is 464 g/mol. The summed E-state index contributed by atoms with van der Waals surface area (Å²) in [5, 5.41) is 0. The van der Waals surface area contributed by atoms with Crippen LogP contribution in [-0.2, 0) is 29.2 Å². The van der Waals surface area contributed by atoms with Gasteiger partial charge in [-0.1, -0.05) is 35.5 Å². The Morgan fingerprint density at radius 1 is 0.944 bits per heavy atom. The molecule has 1 heterocycles. The van der Waals surface area contributed by atoms with Crippen molar-refractivity contribution in [2.45, 2.75) is 58.3 Å². The van der Waals surface area contributed by atoms with Crippen LogP contribution >= 0.6 is 0 Å². The van der Waals surface area contributed by atoms with Gasteiger partial charge in [-0.3, -0.25) is 0 Å². The number of hydrogen-bond donors (Lipinski definition) is 0. The molecular formula is C28H36O8. The van der Waals surface area contributed by atoms with Crippen molar-refractivity contribution in [1.29, 1.82) is 0 Å². The topological polar surface area (TPSA) is 101 Å². The third-order valence-corrected chi connectivity index (χ3v) is 6.20. The van der Waals surface area contributed by atoms with Crippen molar-refractivity contribution in [2.75, 3.05) is 28.4 Å². The Labute approximate surface area is 212 Å². The number of methoxy groups -OCH3 is 4. The van der Waals surface area contributed by atoms with E-state index in [1.54, 1.807) is 12.1 Å². The van der Waals surface area contributed by atoms with E-state index in [4.69, 9.17) is 23.4 Å². The van der Waals surface area contributed by atoms with E-state index in [1.165, 1.54) is 39.6 Å². The van der Waals surface area contributed by atoms with Gasteiger partial charge in [0.15, 0.2) is 0 Å². The van der Waals surface area contributed by atoms with E-state index in [2.05, 4.69) is 32.9 Å². The zero-order valence-electron chi connectivity index (χ0n) is 22.2. The molecule has 1 atom stereocenters. The van der Waals surface area contributed by atoms with Crippen LogP contribution in [-0.4, -0.2) is 46.3 Å². The van der Waals surface area contributed by atoms with Gasteiger partial charge in [0.25, 0.3) is 5.95 Å². The molecule has 8 nitrogen and oxygen atoms in total. The second kappa shape index (κ2) is 13.0. The minimum Gasteiger partial charge on any atom is -0.468 e. The molecule has 0 saturated carbocycles. The average molecular weight is 501 g/mol. The van der Waals surface area contributed by atoms with Crippen molar-refractivity contribution < 1.29 is 37.7 Å². The summed E-state index contributed by atoms with van der Waals surface area (Å²) in [5.74, 6) is -1.80. The quantitative estimate of drug-likeness (QED) is 0.226. The predicted molar refractivity (Wildman–Crippen MR) is 135 cm³/mol. The maximum atomic E-state index is 12.7. The molecule has 0 N–H and O–H groups in total. The number of carbonyl (C=O) groups excluding carboxylic acids is 3. The van der Waals surface area contributed by atoms with Crippen molar-refractivity contribution in [3.05, 3.63) is 64.0 Å². The molecule has 0 fully saturated rings. The van der Waals surface area contributed by atoms with Crippen molar-refractivity contribution in [3.8, 4) is 5.95 Å². The molecule has 1 aliphatic carbocycles. The lowest BCUT2D eigenvalue weighted by Gasteiger charge is -2.34. The normalized spacial score (nSPS) is 17.5. The van der Waals surface area contributed by atoms with Gasteiger partial charge in [0.1, 0.15) is 0 Å². The van der Waals surface area contributed by atoms with Crippen LogP contribution in [0.15, 0.2) is 57.1 Å². The van der Waals surface area contributed by atoms with E-state index in [9.17, 15) is 14.4 Å². The lowest BCUT2D eigenvalue weighted by molar-refractivity contribution is -0.139. The fourth-order valence-electron chi connectivity index (χ4n) is 4.25. The van der Waals surface area contributed by atoms with Gasteiger partial charge in [0.2, 0.25) is 5.76 Å². The Morgan fingerprint density at radius 3 is 2.19 bits per heavy atom. The highest BCUT2D eigenvalue weighted by atomic mass is 16.6. The molecule has 196 valence electrons. The molecule has 0 spiro atoms. The lowest BCUT2D eigenvalue weighted by Crippen LogP contribution is -2.31. The first kappa shape index (κ1) is 28.7. The van der Waals surface area contributed by atoms with E-state index in [1.807, 2.05) is 6.08 Å². The molecule has 1 aromatic heterocycles. The molecule has 0 radical (unpaired) electrons. The highest BCUT2D eigenvalue weighted by molar-refractivity contribution is 6.03. The van der Waals surface area contributed by atoms with Gasteiger partial charge in [-0.25, -0.2) is 14.4 Å². The summed E-state index contributed by atoms with van der Waals surface area (Å²) in [6, 6.07) is 1.57. The minimum atomic E-state index is -0.821. The Kier molecular flexibility index (Phi) is 10.3. The first-order valence-electron chi connectivity index (χ1n) is 11.8. The first-order valence-corrected chi connectivity index (χ1v) is 11.8. The molecule has 0 aliphatic heterocycles. The number of rotatable bonds is 11. The fourth-order valence-corrected chi connectivity index (χ4v) is 4.25. The van der Waals surface area contributed by atoms with Crippen molar-refractivity contribution in [2.24, 2.45) is 0 Å². The molecule has 0 saturated heterocycles. The van der Waals surface area contributed by atoms with Crippen LogP contribution in [0.25, 0.3) is 0 Å². The van der Waals surface area contributed by atoms with Gasteiger partial charge in [-0.15, -0.1) is 0 Å². The van der Waals surface area contributed by atoms with Crippen LogP contribution in [0.3, 0.4) is 0 Å². The van der Waals surface area contributed by atoms with Gasteiger partial charge < -0.3 is 23.4 Å². The maximum absolute atomic E-state index is 12.7. The van der Waals surface area contributed by atoms with Gasteiger partial charge in [-0.05, 0) is 58.9 Å². The average Bonchev–Trinajstić information content (AvgIpc) is 3.32. The summed E-state index contributed by atoms with van der Waals surface area (Å²) < 4.78 is 25.8. The molecule has 8 heteroatoms. The summed E-state index contributed by atoms with van der Waals surface area (Å²) in [7, 11) is 5.21. The first-order chi connectivity index (χ1) is 17.1. The van der Waals surface area contributed by atoms with Crippen LogP contribution in [0, 0.1) is 0 Å². The van der Waals surface area contributed by atoms with Crippen molar-refractivity contribution in [3.63, 3.8) is 0 Å². The number of hydrogen-bond acceptors (Lipinski definition) is 8. The molecule has 1 unspecified atom stereocenters. The number of allylic oxidation sites excluding steroid dienone is 5. The molecule has 1 aromatic rings. The highest BCUT2D eigenvalue weighted by Gasteiger charge is 2.41. The zero-order chi connectivity index (χ0) is 26.9. The van der Waals surface area contributed by atoms with Crippen LogP contribution in [0.1, 0.15) is 69.0 Å². The van der Waals surface area contributed by atoms with Gasteiger partial charge in [0.05, 0.1) is 39.6 Å². The Bertz CT molecular complexity index is 1090. The maximum Gasteiger partial charge on any atom is 0.374 e. The minimum absolute atomic E-state index is 0.0204. The third kappa shape index (κ3) is 6.77. The van der Waals surface area contributed by atoms with Gasteiger partial charge >= 0.3 is 17.9 Å². The van der Waals surface area contributed by atoms with E-state index >= 15 is 0 Å². The number of carbonyl (C=O) groups is 3. The monoisotopic (exact) mass is 500 g/mol. The molecule has 1 aliphatic rings. The van der Waals surface area contributed by atoms with E-state index in [0.717, 1.165) is 12.8 Å². The van der Waals surface area contributed by atoms with Crippen LogP contribution in [0.2, 0.25) is 0 Å². The van der Waals surface area contributed by atoms with E-state index < -0.39 is 23.3 Å². The predicted octanol–water partition coefficient (Wildman–Crippen LogP) is 5.39. The Hall–Kier alpha value is -3.55. The number of ether oxygens (including phenoxy) is 4. The van der Waals surface area contributed by atoms with Gasteiger partial charge in [0, 0.05) is 11.0 Å². The standard InChI is InChI=1S/C28H36O8/c1-18(2)10-8-11-19(3)12-9-14-28(22-16-23(26(31)34-6)36-27(22)35-7)15-13-20(24(29)32-4)21(17-28)25(30)33-5/h10,12-13,15-16H,8-9,11,14,17H2,1-7H3. The van der Waals surface area contributed by atoms with Crippen LogP contribution in [0.5, 0.6) is 5.95 Å². The summed E-state index contributed by atoms with van der Waals surface area (Å²) in [4.78, 5) is 37.3. The van der Waals surface area contributed by atoms with E-state index in [-0.39, 0.29) is 29.3 Å². The summed E-state index contributed by atoms with van der Waals surface area (Å²) in [6.07, 6.45) is 11.0. The zero-order valence-corrected chi connectivity index (χ0v) is 22.2.